The molecule has 1 aromatic rings. The van der Waals surface area contributed by atoms with Crippen LogP contribution in [0, 0.1) is 0 Å². The summed E-state index contributed by atoms with van der Waals surface area (Å²) in [6.07, 6.45) is 6.30. The van der Waals surface area contributed by atoms with Gasteiger partial charge in [0.05, 0.1) is 0 Å². The number of ether oxygens (including phenoxy) is 1. The first-order chi connectivity index (χ1) is 9.42. The molecule has 3 heteroatoms. The molecule has 2 heterocycles. The number of nitrogens with zero attached hydrogens (tertiary/aromatic N) is 1. The second-order valence-electron chi connectivity index (χ2n) is 5.63. The minimum Gasteiger partial charge on any atom is -0.382 e. The van der Waals surface area contributed by atoms with Gasteiger partial charge in [-0.25, -0.2) is 0 Å². The smallest absolute Gasteiger partial charge is 0.0485 e. The van der Waals surface area contributed by atoms with Crippen molar-refractivity contribution in [3.8, 4) is 0 Å². The van der Waals surface area contributed by atoms with Gasteiger partial charge in [-0.05, 0) is 56.4 Å². The second-order valence-corrected chi connectivity index (χ2v) is 5.63. The van der Waals surface area contributed by atoms with Gasteiger partial charge in [-0.1, -0.05) is 0 Å². The third kappa shape index (κ3) is 3.41. The molecule has 0 amide bonds. The van der Waals surface area contributed by atoms with Crippen molar-refractivity contribution in [2.45, 2.75) is 38.1 Å². The van der Waals surface area contributed by atoms with Crippen LogP contribution >= 0.6 is 0 Å². The maximum absolute atomic E-state index is 5.39. The summed E-state index contributed by atoms with van der Waals surface area (Å²) in [6, 6.07) is 9.54. The Morgan fingerprint density at radius 2 is 1.63 bits per heavy atom. The topological polar surface area (TPSA) is 24.5 Å². The van der Waals surface area contributed by atoms with E-state index in [1.807, 2.05) is 0 Å². The summed E-state index contributed by atoms with van der Waals surface area (Å²) >= 11 is 0. The third-order valence-electron chi connectivity index (χ3n) is 4.18. The highest BCUT2D eigenvalue weighted by molar-refractivity contribution is 5.55. The number of piperidine rings is 1. The van der Waals surface area contributed by atoms with Crippen molar-refractivity contribution in [3.05, 3.63) is 24.3 Å². The normalized spacial score (nSPS) is 21.4. The van der Waals surface area contributed by atoms with E-state index in [1.165, 1.54) is 43.7 Å². The second kappa shape index (κ2) is 6.29. The predicted molar refractivity (Wildman–Crippen MR) is 80.0 cm³/mol. The first-order valence-electron chi connectivity index (χ1n) is 7.61. The monoisotopic (exact) mass is 260 g/mol. The van der Waals surface area contributed by atoms with Gasteiger partial charge in [-0.3, -0.25) is 0 Å². The van der Waals surface area contributed by atoms with Gasteiger partial charge in [-0.2, -0.15) is 0 Å². The molecule has 1 N–H and O–H groups in total. The Hall–Kier alpha value is -1.22. The summed E-state index contributed by atoms with van der Waals surface area (Å²) in [5.74, 6) is 0. The molecule has 0 radical (unpaired) electrons. The van der Waals surface area contributed by atoms with Crippen molar-refractivity contribution in [2.75, 3.05) is 36.5 Å². The maximum atomic E-state index is 5.39. The average molecular weight is 260 g/mol. The van der Waals surface area contributed by atoms with E-state index in [2.05, 4.69) is 34.5 Å². The Bertz CT molecular complexity index is 378. The Balaban J connectivity index is 1.58. The minimum absolute atomic E-state index is 0.578. The Labute approximate surface area is 115 Å². The van der Waals surface area contributed by atoms with Crippen LogP contribution in [0.25, 0.3) is 0 Å². The van der Waals surface area contributed by atoms with Crippen molar-refractivity contribution in [2.24, 2.45) is 0 Å². The quantitative estimate of drug-likeness (QED) is 0.902. The molecule has 2 aliphatic heterocycles. The van der Waals surface area contributed by atoms with Crippen LogP contribution in [0.4, 0.5) is 11.4 Å². The molecule has 0 aromatic heterocycles. The van der Waals surface area contributed by atoms with Gasteiger partial charge < -0.3 is 15.0 Å². The fraction of sp³-hybridized carbons (Fsp3) is 0.625. The van der Waals surface area contributed by atoms with E-state index in [4.69, 9.17) is 4.74 Å². The van der Waals surface area contributed by atoms with E-state index >= 15 is 0 Å². The Morgan fingerprint density at radius 3 is 2.32 bits per heavy atom. The van der Waals surface area contributed by atoms with Crippen LogP contribution in [0.15, 0.2) is 24.3 Å². The van der Waals surface area contributed by atoms with Crippen molar-refractivity contribution in [1.29, 1.82) is 0 Å². The molecule has 3 nitrogen and oxygen atoms in total. The molecule has 2 saturated heterocycles. The van der Waals surface area contributed by atoms with E-state index in [0.29, 0.717) is 6.04 Å². The summed E-state index contributed by atoms with van der Waals surface area (Å²) in [5.41, 5.74) is 2.62. The van der Waals surface area contributed by atoms with Crippen LogP contribution in [0.3, 0.4) is 0 Å². The van der Waals surface area contributed by atoms with Gasteiger partial charge in [-0.15, -0.1) is 0 Å². The maximum Gasteiger partial charge on any atom is 0.0485 e. The summed E-state index contributed by atoms with van der Waals surface area (Å²) in [5, 5.41) is 3.61. The molecular formula is C16H24N2O. The van der Waals surface area contributed by atoms with Crippen LogP contribution in [0.5, 0.6) is 0 Å². The average Bonchev–Trinajstić information content (AvgIpc) is 2.50. The number of hydrogen-bond donors (Lipinski definition) is 1. The molecular weight excluding hydrogens is 236 g/mol. The largest absolute Gasteiger partial charge is 0.382 e. The summed E-state index contributed by atoms with van der Waals surface area (Å²) in [6.45, 7) is 4.21. The zero-order chi connectivity index (χ0) is 12.9. The molecule has 1 aromatic carbocycles. The number of anilines is 2. The summed E-state index contributed by atoms with van der Waals surface area (Å²) in [4.78, 5) is 2.50. The van der Waals surface area contributed by atoms with E-state index in [-0.39, 0.29) is 0 Å². The van der Waals surface area contributed by atoms with E-state index in [0.717, 1.165) is 26.1 Å². The van der Waals surface area contributed by atoms with Gasteiger partial charge in [0.1, 0.15) is 0 Å². The SMILES string of the molecule is c1cc(N2CCCCC2)ccc1NC1CCOCC1. The molecule has 0 aliphatic carbocycles. The van der Waals surface area contributed by atoms with Gasteiger partial charge in [0.2, 0.25) is 0 Å². The Kier molecular flexibility index (Phi) is 4.23. The first-order valence-corrected chi connectivity index (χ1v) is 7.61. The number of rotatable bonds is 3. The van der Waals surface area contributed by atoms with Crippen LogP contribution in [0.2, 0.25) is 0 Å². The standard InChI is InChI=1S/C16H24N2O/c1-2-10-18(11-3-1)16-6-4-14(5-7-16)17-15-8-12-19-13-9-15/h4-7,15,17H,1-3,8-13H2. The summed E-state index contributed by atoms with van der Waals surface area (Å²) < 4.78 is 5.39. The molecule has 19 heavy (non-hydrogen) atoms. The fourth-order valence-electron chi connectivity index (χ4n) is 3.00. The van der Waals surface area contributed by atoms with Crippen molar-refractivity contribution in [3.63, 3.8) is 0 Å². The fourth-order valence-corrected chi connectivity index (χ4v) is 3.00. The molecule has 104 valence electrons. The lowest BCUT2D eigenvalue weighted by molar-refractivity contribution is 0.0904. The molecule has 3 rings (SSSR count). The Morgan fingerprint density at radius 1 is 0.947 bits per heavy atom. The third-order valence-corrected chi connectivity index (χ3v) is 4.18. The highest BCUT2D eigenvalue weighted by atomic mass is 16.5. The van der Waals surface area contributed by atoms with Gasteiger partial charge >= 0.3 is 0 Å². The molecule has 0 bridgehead atoms. The highest BCUT2D eigenvalue weighted by Gasteiger charge is 2.14. The van der Waals surface area contributed by atoms with Crippen molar-refractivity contribution < 1.29 is 4.74 Å². The zero-order valence-corrected chi connectivity index (χ0v) is 11.6. The minimum atomic E-state index is 0.578. The van der Waals surface area contributed by atoms with Crippen molar-refractivity contribution in [1.82, 2.24) is 0 Å². The van der Waals surface area contributed by atoms with Gasteiger partial charge in [0.15, 0.2) is 0 Å². The predicted octanol–water partition coefficient (Wildman–Crippen LogP) is 3.27. The number of nitrogens with one attached hydrogen (secondary N) is 1. The molecule has 2 fully saturated rings. The van der Waals surface area contributed by atoms with Crippen molar-refractivity contribution >= 4 is 11.4 Å². The zero-order valence-electron chi connectivity index (χ0n) is 11.6. The summed E-state index contributed by atoms with van der Waals surface area (Å²) in [7, 11) is 0. The molecule has 2 aliphatic rings. The lowest BCUT2D eigenvalue weighted by atomic mass is 10.1. The molecule has 0 unspecified atom stereocenters. The molecule has 0 atom stereocenters. The highest BCUT2D eigenvalue weighted by Crippen LogP contribution is 2.23. The lowest BCUT2D eigenvalue weighted by Gasteiger charge is -2.29. The molecule has 0 saturated carbocycles. The molecule has 0 spiro atoms. The van der Waals surface area contributed by atoms with E-state index in [1.54, 1.807) is 0 Å². The van der Waals surface area contributed by atoms with E-state index in [9.17, 15) is 0 Å². The van der Waals surface area contributed by atoms with Crippen LogP contribution < -0.4 is 10.2 Å². The number of benzene rings is 1. The van der Waals surface area contributed by atoms with Gasteiger partial charge in [0.25, 0.3) is 0 Å². The van der Waals surface area contributed by atoms with Crippen LogP contribution in [-0.4, -0.2) is 32.3 Å². The number of hydrogen-bond acceptors (Lipinski definition) is 3. The van der Waals surface area contributed by atoms with Gasteiger partial charge in [0, 0.05) is 43.7 Å². The van der Waals surface area contributed by atoms with E-state index < -0.39 is 0 Å². The van der Waals surface area contributed by atoms with Crippen LogP contribution in [-0.2, 0) is 4.74 Å². The van der Waals surface area contributed by atoms with Crippen LogP contribution in [0.1, 0.15) is 32.1 Å². The first kappa shape index (κ1) is 12.8. The lowest BCUT2D eigenvalue weighted by Crippen LogP contribution is -2.29.